The standard InChI is InChI=1S/C31H37F2NO4Si/c1-30(2,3)24(19-37-39(22-12-8-6-9-13-22)23-14-10-7-11-15-23)27(21-16-17-25(32)26(33)18-21)34-20-31(4,5)38-29(36)28(34)35/h6-18,24,27,29,36,39H,19-20H2,1-5H3/t24-,27-,29?/m0/s1. The van der Waals surface area contributed by atoms with Crippen molar-refractivity contribution in [3.8, 4) is 0 Å². The van der Waals surface area contributed by atoms with Crippen LogP contribution in [-0.4, -0.2) is 50.0 Å². The Bertz CT molecular complexity index is 1230. The lowest BCUT2D eigenvalue weighted by atomic mass is 9.73. The number of halogens is 2. The number of hydrogen-bond acceptors (Lipinski definition) is 4. The van der Waals surface area contributed by atoms with Crippen molar-refractivity contribution in [1.82, 2.24) is 4.90 Å². The van der Waals surface area contributed by atoms with E-state index < -0.39 is 49.9 Å². The van der Waals surface area contributed by atoms with E-state index in [0.29, 0.717) is 5.56 Å². The second-order valence-corrected chi connectivity index (χ2v) is 14.2. The van der Waals surface area contributed by atoms with Crippen molar-refractivity contribution in [2.45, 2.75) is 52.6 Å². The summed E-state index contributed by atoms with van der Waals surface area (Å²) in [6, 6.07) is 23.2. The van der Waals surface area contributed by atoms with Crippen LogP contribution < -0.4 is 10.4 Å². The van der Waals surface area contributed by atoms with E-state index in [0.717, 1.165) is 22.5 Å². The van der Waals surface area contributed by atoms with Gasteiger partial charge in [-0.3, -0.25) is 4.79 Å². The zero-order chi connectivity index (χ0) is 28.4. The Morgan fingerprint density at radius 1 is 1.00 bits per heavy atom. The van der Waals surface area contributed by atoms with Crippen LogP contribution in [0.2, 0.25) is 0 Å². The number of aliphatic hydroxyl groups excluding tert-OH is 1. The number of nitrogens with zero attached hydrogens (tertiary/aromatic N) is 1. The Hall–Kier alpha value is -2.91. The summed E-state index contributed by atoms with van der Waals surface area (Å²) < 4.78 is 40.9. The Labute approximate surface area is 231 Å². The van der Waals surface area contributed by atoms with E-state index in [9.17, 15) is 18.7 Å². The smallest absolute Gasteiger partial charge is 0.280 e. The van der Waals surface area contributed by atoms with E-state index in [2.05, 4.69) is 24.3 Å². The number of hydrogen-bond donors (Lipinski definition) is 1. The van der Waals surface area contributed by atoms with Crippen LogP contribution in [0, 0.1) is 23.0 Å². The van der Waals surface area contributed by atoms with E-state index in [1.807, 2.05) is 57.2 Å². The first-order chi connectivity index (χ1) is 18.4. The number of ether oxygens (including phenoxy) is 1. The normalized spacial score (nSPS) is 19.3. The van der Waals surface area contributed by atoms with Gasteiger partial charge < -0.3 is 19.2 Å². The summed E-state index contributed by atoms with van der Waals surface area (Å²) in [5.41, 5.74) is -0.831. The van der Waals surface area contributed by atoms with Crippen molar-refractivity contribution < 1.29 is 27.8 Å². The van der Waals surface area contributed by atoms with Crippen molar-refractivity contribution in [3.63, 3.8) is 0 Å². The van der Waals surface area contributed by atoms with E-state index in [-0.39, 0.29) is 19.1 Å². The lowest BCUT2D eigenvalue weighted by Crippen LogP contribution is -2.59. The number of aliphatic hydroxyl groups is 1. The van der Waals surface area contributed by atoms with Crippen LogP contribution in [0.3, 0.4) is 0 Å². The molecule has 4 rings (SSSR count). The van der Waals surface area contributed by atoms with Gasteiger partial charge in [0.15, 0.2) is 11.6 Å². The molecule has 1 fully saturated rings. The molecule has 0 aliphatic carbocycles. The first-order valence-electron chi connectivity index (χ1n) is 13.2. The number of carbonyl (C=O) groups excluding carboxylic acids is 1. The second kappa shape index (κ2) is 11.7. The predicted molar refractivity (Wildman–Crippen MR) is 150 cm³/mol. The van der Waals surface area contributed by atoms with Crippen LogP contribution in [-0.2, 0) is 14.0 Å². The van der Waals surface area contributed by atoms with Crippen LogP contribution >= 0.6 is 0 Å². The SMILES string of the molecule is CC1(C)CN([C@@H](c2ccc(F)c(F)c2)[C@H](CO[SiH](c2ccccc2)c2ccccc2)C(C)(C)C)C(=O)C(O)O1. The molecule has 0 spiro atoms. The maximum atomic E-state index is 14.6. The highest BCUT2D eigenvalue weighted by molar-refractivity contribution is 6.80. The molecule has 1 heterocycles. The molecule has 3 atom stereocenters. The van der Waals surface area contributed by atoms with Gasteiger partial charge in [0, 0.05) is 12.5 Å². The van der Waals surface area contributed by atoms with Gasteiger partial charge in [-0.15, -0.1) is 0 Å². The fraction of sp³-hybridized carbons (Fsp3) is 0.387. The van der Waals surface area contributed by atoms with Crippen LogP contribution in [0.1, 0.15) is 46.2 Å². The molecule has 0 bridgehead atoms. The molecule has 1 aliphatic heterocycles. The summed E-state index contributed by atoms with van der Waals surface area (Å²) in [5, 5.41) is 12.7. The van der Waals surface area contributed by atoms with E-state index >= 15 is 0 Å². The molecule has 0 saturated carbocycles. The second-order valence-electron chi connectivity index (χ2n) is 11.8. The summed E-state index contributed by atoms with van der Waals surface area (Å²) in [7, 11) is -2.14. The summed E-state index contributed by atoms with van der Waals surface area (Å²) in [5.74, 6) is -2.91. The van der Waals surface area contributed by atoms with Gasteiger partial charge in [0.2, 0.25) is 15.3 Å². The average molecular weight is 554 g/mol. The fourth-order valence-electron chi connectivity index (χ4n) is 5.24. The predicted octanol–water partition coefficient (Wildman–Crippen LogP) is 4.18. The molecule has 0 radical (unpaired) electrons. The van der Waals surface area contributed by atoms with Crippen molar-refractivity contribution in [3.05, 3.63) is 96.1 Å². The highest BCUT2D eigenvalue weighted by atomic mass is 28.3. The highest BCUT2D eigenvalue weighted by Gasteiger charge is 2.47. The largest absolute Gasteiger partial charge is 0.411 e. The molecular weight excluding hydrogens is 516 g/mol. The molecule has 1 N–H and O–H groups in total. The number of rotatable bonds is 8. The van der Waals surface area contributed by atoms with Gasteiger partial charge in [-0.25, -0.2) is 8.78 Å². The lowest BCUT2D eigenvalue weighted by Gasteiger charge is -2.49. The molecule has 39 heavy (non-hydrogen) atoms. The summed E-state index contributed by atoms with van der Waals surface area (Å²) >= 11 is 0. The minimum absolute atomic E-state index is 0.164. The highest BCUT2D eigenvalue weighted by Crippen LogP contribution is 2.43. The third kappa shape index (κ3) is 6.81. The van der Waals surface area contributed by atoms with Crippen LogP contribution in [0.15, 0.2) is 78.9 Å². The third-order valence-corrected chi connectivity index (χ3v) is 9.74. The van der Waals surface area contributed by atoms with Crippen LogP contribution in [0.4, 0.5) is 8.78 Å². The molecule has 0 aromatic heterocycles. The minimum atomic E-state index is -2.14. The fourth-order valence-corrected chi connectivity index (χ4v) is 7.55. The molecule has 8 heteroatoms. The summed E-state index contributed by atoms with van der Waals surface area (Å²) in [6.45, 7) is 10.1. The Balaban J connectivity index is 1.78. The quantitative estimate of drug-likeness (QED) is 0.426. The van der Waals surface area contributed by atoms with Crippen molar-refractivity contribution in [2.24, 2.45) is 11.3 Å². The molecule has 208 valence electrons. The van der Waals surface area contributed by atoms with Crippen molar-refractivity contribution in [2.75, 3.05) is 13.2 Å². The maximum absolute atomic E-state index is 14.6. The van der Waals surface area contributed by atoms with Gasteiger partial charge >= 0.3 is 0 Å². The van der Waals surface area contributed by atoms with Gasteiger partial charge in [0.1, 0.15) is 0 Å². The Morgan fingerprint density at radius 3 is 2.08 bits per heavy atom. The van der Waals surface area contributed by atoms with E-state index in [1.165, 1.54) is 6.07 Å². The molecular formula is C31H37F2NO4Si. The van der Waals surface area contributed by atoms with Crippen LogP contribution in [0.5, 0.6) is 0 Å². The molecule has 3 aromatic carbocycles. The monoisotopic (exact) mass is 553 g/mol. The number of amides is 1. The molecule has 1 saturated heterocycles. The van der Waals surface area contributed by atoms with Gasteiger partial charge in [-0.1, -0.05) is 87.5 Å². The van der Waals surface area contributed by atoms with Gasteiger partial charge in [0.25, 0.3) is 5.91 Å². The third-order valence-electron chi connectivity index (χ3n) is 7.24. The van der Waals surface area contributed by atoms with Gasteiger partial charge in [-0.05, 0) is 47.3 Å². The number of benzene rings is 3. The summed E-state index contributed by atoms with van der Waals surface area (Å²) in [6.07, 6.45) is -1.65. The molecule has 3 aromatic rings. The molecule has 1 amide bonds. The zero-order valence-corrected chi connectivity index (χ0v) is 24.3. The van der Waals surface area contributed by atoms with Gasteiger partial charge in [-0.2, -0.15) is 0 Å². The Morgan fingerprint density at radius 2 is 1.56 bits per heavy atom. The first-order valence-corrected chi connectivity index (χ1v) is 14.8. The van der Waals surface area contributed by atoms with Crippen molar-refractivity contribution >= 4 is 25.3 Å². The van der Waals surface area contributed by atoms with E-state index in [4.69, 9.17) is 9.16 Å². The zero-order valence-electron chi connectivity index (χ0n) is 23.1. The average Bonchev–Trinajstić information content (AvgIpc) is 2.88. The lowest BCUT2D eigenvalue weighted by molar-refractivity contribution is -0.227. The van der Waals surface area contributed by atoms with Gasteiger partial charge in [0.05, 0.1) is 18.2 Å². The summed E-state index contributed by atoms with van der Waals surface area (Å²) in [4.78, 5) is 14.9. The topological polar surface area (TPSA) is 59.0 Å². The number of morpholine rings is 1. The van der Waals surface area contributed by atoms with E-state index in [1.54, 1.807) is 18.7 Å². The first kappa shape index (κ1) is 29.1. The van der Waals surface area contributed by atoms with Crippen molar-refractivity contribution in [1.29, 1.82) is 0 Å². The molecule has 1 aliphatic rings. The van der Waals surface area contributed by atoms with Crippen LogP contribution in [0.25, 0.3) is 0 Å². The maximum Gasteiger partial charge on any atom is 0.280 e. The number of carbonyl (C=O) groups is 1. The molecule has 5 nitrogen and oxygen atoms in total. The molecule has 1 unspecified atom stereocenters. The minimum Gasteiger partial charge on any atom is -0.411 e. The Kier molecular flexibility index (Phi) is 8.71.